The molecule has 3 fully saturated rings. The van der Waals surface area contributed by atoms with Gasteiger partial charge in [-0.3, -0.25) is 4.79 Å². The van der Waals surface area contributed by atoms with Crippen molar-refractivity contribution in [1.29, 1.82) is 0 Å². The van der Waals surface area contributed by atoms with Crippen molar-refractivity contribution >= 4 is 15.9 Å². The number of amides is 1. The van der Waals surface area contributed by atoms with E-state index in [2.05, 4.69) is 9.80 Å². The zero-order valence-corrected chi connectivity index (χ0v) is 15.1. The van der Waals surface area contributed by atoms with Crippen molar-refractivity contribution in [3.63, 3.8) is 0 Å². The Labute approximate surface area is 139 Å². The summed E-state index contributed by atoms with van der Waals surface area (Å²) >= 11 is 0. The van der Waals surface area contributed by atoms with Crippen molar-refractivity contribution in [2.75, 3.05) is 40.3 Å². The maximum Gasteiger partial charge on any atom is 0.223 e. The summed E-state index contributed by atoms with van der Waals surface area (Å²) in [4.78, 5) is 16.5. The van der Waals surface area contributed by atoms with Gasteiger partial charge in [-0.05, 0) is 52.6 Å². The fraction of sp³-hybridized carbons (Fsp3) is 0.938. The highest BCUT2D eigenvalue weighted by Gasteiger charge is 2.48. The van der Waals surface area contributed by atoms with Crippen LogP contribution in [0.2, 0.25) is 0 Å². The third-order valence-corrected chi connectivity index (χ3v) is 8.03. The average Bonchev–Trinajstić information content (AvgIpc) is 3.29. The number of carbonyl (C=O) groups excluding carboxylic acids is 1. The Kier molecular flexibility index (Phi) is 4.73. The molecule has 0 radical (unpaired) electrons. The number of carbonyl (C=O) groups is 1. The number of sulfonamides is 1. The summed E-state index contributed by atoms with van der Waals surface area (Å²) in [6.07, 6.45) is 5.72. The predicted molar refractivity (Wildman–Crippen MR) is 89.6 cm³/mol. The number of hydrogen-bond donors (Lipinski definition) is 0. The Bertz CT molecular complexity index is 559. The summed E-state index contributed by atoms with van der Waals surface area (Å²) in [6.45, 7) is 2.81. The number of rotatable bonds is 5. The van der Waals surface area contributed by atoms with Crippen LogP contribution in [0.3, 0.4) is 0 Å². The first-order chi connectivity index (χ1) is 10.8. The van der Waals surface area contributed by atoms with Crippen LogP contribution in [0.25, 0.3) is 0 Å². The molecule has 1 amide bonds. The SMILES string of the molecule is CN(C)CCN1C(=O)CC[C@@]12CCCN(S(=O)(=O)C1CC1)CC2. The van der Waals surface area contributed by atoms with Gasteiger partial charge in [0.25, 0.3) is 0 Å². The summed E-state index contributed by atoms with van der Waals surface area (Å²) in [5.74, 6) is 0.241. The van der Waals surface area contributed by atoms with E-state index in [9.17, 15) is 13.2 Å². The molecule has 3 aliphatic rings. The Hall–Kier alpha value is -0.660. The summed E-state index contributed by atoms with van der Waals surface area (Å²) in [6, 6.07) is 0. The van der Waals surface area contributed by atoms with Crippen molar-refractivity contribution in [2.24, 2.45) is 0 Å². The molecule has 0 bridgehead atoms. The van der Waals surface area contributed by atoms with Gasteiger partial charge >= 0.3 is 0 Å². The second kappa shape index (κ2) is 6.33. The molecule has 3 rings (SSSR count). The van der Waals surface area contributed by atoms with Crippen LogP contribution in [0.1, 0.15) is 44.9 Å². The Morgan fingerprint density at radius 2 is 1.91 bits per heavy atom. The lowest BCUT2D eigenvalue weighted by Gasteiger charge is -2.38. The van der Waals surface area contributed by atoms with Crippen LogP contribution in [0.5, 0.6) is 0 Å². The maximum atomic E-state index is 12.5. The van der Waals surface area contributed by atoms with Gasteiger partial charge in [0, 0.05) is 38.1 Å². The molecule has 132 valence electrons. The van der Waals surface area contributed by atoms with Crippen molar-refractivity contribution in [1.82, 2.24) is 14.1 Å². The molecule has 0 aromatic heterocycles. The van der Waals surface area contributed by atoms with Gasteiger partial charge in [-0.15, -0.1) is 0 Å². The Balaban J connectivity index is 1.71. The van der Waals surface area contributed by atoms with Gasteiger partial charge in [-0.2, -0.15) is 0 Å². The third-order valence-electron chi connectivity index (χ3n) is 5.63. The molecule has 0 unspecified atom stereocenters. The Morgan fingerprint density at radius 1 is 1.17 bits per heavy atom. The van der Waals surface area contributed by atoms with Gasteiger partial charge in [0.05, 0.1) is 5.25 Å². The van der Waals surface area contributed by atoms with E-state index < -0.39 is 10.0 Å². The Morgan fingerprint density at radius 3 is 2.57 bits per heavy atom. The first-order valence-electron chi connectivity index (χ1n) is 8.79. The minimum absolute atomic E-state index is 0.110. The van der Waals surface area contributed by atoms with E-state index in [1.165, 1.54) is 0 Å². The molecule has 1 aliphatic carbocycles. The zero-order chi connectivity index (χ0) is 16.7. The minimum Gasteiger partial charge on any atom is -0.336 e. The van der Waals surface area contributed by atoms with Gasteiger partial charge < -0.3 is 9.80 Å². The lowest BCUT2D eigenvalue weighted by Crippen LogP contribution is -2.49. The van der Waals surface area contributed by atoms with Gasteiger partial charge in [-0.25, -0.2) is 12.7 Å². The van der Waals surface area contributed by atoms with Crippen LogP contribution >= 0.6 is 0 Å². The van der Waals surface area contributed by atoms with Gasteiger partial charge in [-0.1, -0.05) is 0 Å². The lowest BCUT2D eigenvalue weighted by atomic mass is 9.88. The van der Waals surface area contributed by atoms with Crippen molar-refractivity contribution in [3.05, 3.63) is 0 Å². The number of hydrogen-bond acceptors (Lipinski definition) is 4. The van der Waals surface area contributed by atoms with E-state index in [-0.39, 0.29) is 16.7 Å². The number of nitrogens with zero attached hydrogens (tertiary/aromatic N) is 3. The molecule has 1 atom stereocenters. The van der Waals surface area contributed by atoms with Crippen LogP contribution in [-0.2, 0) is 14.8 Å². The molecule has 7 heteroatoms. The molecule has 1 spiro atoms. The highest BCUT2D eigenvalue weighted by atomic mass is 32.2. The van der Waals surface area contributed by atoms with Crippen LogP contribution in [0, 0.1) is 0 Å². The minimum atomic E-state index is -3.09. The molecular weight excluding hydrogens is 314 g/mol. The molecule has 2 saturated heterocycles. The fourth-order valence-electron chi connectivity index (χ4n) is 4.04. The summed E-state index contributed by atoms with van der Waals surface area (Å²) in [5, 5.41) is -0.133. The van der Waals surface area contributed by atoms with Crippen molar-refractivity contribution < 1.29 is 13.2 Å². The topological polar surface area (TPSA) is 60.9 Å². The summed E-state index contributed by atoms with van der Waals surface area (Å²) in [5.41, 5.74) is -0.110. The molecule has 0 aromatic rings. The van der Waals surface area contributed by atoms with Gasteiger partial charge in [0.1, 0.15) is 0 Å². The maximum absolute atomic E-state index is 12.5. The van der Waals surface area contributed by atoms with Gasteiger partial charge in [0.2, 0.25) is 15.9 Å². The van der Waals surface area contributed by atoms with E-state index in [4.69, 9.17) is 0 Å². The third kappa shape index (κ3) is 3.42. The lowest BCUT2D eigenvalue weighted by molar-refractivity contribution is -0.131. The van der Waals surface area contributed by atoms with E-state index in [0.717, 1.165) is 51.6 Å². The predicted octanol–water partition coefficient (Wildman–Crippen LogP) is 0.887. The van der Waals surface area contributed by atoms with Crippen molar-refractivity contribution in [3.8, 4) is 0 Å². The second-order valence-corrected chi connectivity index (χ2v) is 9.78. The molecule has 23 heavy (non-hydrogen) atoms. The van der Waals surface area contributed by atoms with E-state index in [1.807, 2.05) is 14.1 Å². The standard InChI is InChI=1S/C16H29N3O3S/c1-17(2)12-13-19-15(20)6-8-16(19)7-3-10-18(11-9-16)23(21,22)14-4-5-14/h14H,3-13H2,1-2H3/t16-/m1/s1. The first-order valence-corrected chi connectivity index (χ1v) is 10.3. The number of likely N-dealkylation sites (tertiary alicyclic amines) is 1. The summed E-state index contributed by atoms with van der Waals surface area (Å²) in [7, 11) is 0.943. The molecule has 6 nitrogen and oxygen atoms in total. The molecule has 2 aliphatic heterocycles. The highest BCUT2D eigenvalue weighted by molar-refractivity contribution is 7.90. The van der Waals surface area contributed by atoms with Crippen LogP contribution in [0.4, 0.5) is 0 Å². The molecular formula is C16H29N3O3S. The molecule has 0 N–H and O–H groups in total. The second-order valence-electron chi connectivity index (χ2n) is 7.57. The molecule has 1 saturated carbocycles. The smallest absolute Gasteiger partial charge is 0.223 e. The molecule has 0 aromatic carbocycles. The highest BCUT2D eigenvalue weighted by Crippen LogP contribution is 2.40. The quantitative estimate of drug-likeness (QED) is 0.744. The molecule has 2 heterocycles. The van der Waals surface area contributed by atoms with Gasteiger partial charge in [0.15, 0.2) is 0 Å². The fourth-order valence-corrected chi connectivity index (χ4v) is 5.92. The van der Waals surface area contributed by atoms with Crippen LogP contribution < -0.4 is 0 Å². The largest absolute Gasteiger partial charge is 0.336 e. The van der Waals surface area contributed by atoms with E-state index in [1.54, 1.807) is 4.31 Å². The van der Waals surface area contributed by atoms with Crippen LogP contribution in [-0.4, -0.2) is 79.5 Å². The normalized spacial score (nSPS) is 30.4. The zero-order valence-electron chi connectivity index (χ0n) is 14.3. The van der Waals surface area contributed by atoms with E-state index >= 15 is 0 Å². The average molecular weight is 343 g/mol. The first kappa shape index (κ1) is 17.2. The summed E-state index contributed by atoms with van der Waals surface area (Å²) < 4.78 is 26.7. The van der Waals surface area contributed by atoms with E-state index in [0.29, 0.717) is 19.5 Å². The van der Waals surface area contributed by atoms with Crippen molar-refractivity contribution in [2.45, 2.75) is 55.7 Å². The monoisotopic (exact) mass is 343 g/mol. The number of likely N-dealkylation sites (N-methyl/N-ethyl adjacent to an activating group) is 1. The van der Waals surface area contributed by atoms with Crippen LogP contribution in [0.15, 0.2) is 0 Å².